The molecule has 0 radical (unpaired) electrons. The third-order valence-corrected chi connectivity index (χ3v) is 6.61. The van der Waals surface area contributed by atoms with E-state index in [-0.39, 0.29) is 15.6 Å². The van der Waals surface area contributed by atoms with Crippen molar-refractivity contribution in [2.24, 2.45) is 0 Å². The molecule has 2 heterocycles. The van der Waals surface area contributed by atoms with Gasteiger partial charge in [0.15, 0.2) is 11.4 Å². The molecule has 0 fully saturated rings. The summed E-state index contributed by atoms with van der Waals surface area (Å²) in [5.74, 6) is 0.452. The number of aryl methyl sites for hydroxylation is 1. The average Bonchev–Trinajstić information content (AvgIpc) is 3.25. The van der Waals surface area contributed by atoms with E-state index < -0.39 is 9.84 Å². The minimum Gasteiger partial charge on any atom is -0.497 e. The molecule has 0 amide bonds. The Morgan fingerprint density at radius 3 is 2.60 bits per heavy atom. The molecule has 4 aromatic rings. The summed E-state index contributed by atoms with van der Waals surface area (Å²) in [5, 5.41) is 7.44. The highest BCUT2D eigenvalue weighted by Crippen LogP contribution is 2.24. The lowest BCUT2D eigenvalue weighted by Gasteiger charge is -2.08. The van der Waals surface area contributed by atoms with Crippen molar-refractivity contribution >= 4 is 26.7 Å². The molecule has 0 bridgehead atoms. The molecular formula is C22H19N3O4S. The monoisotopic (exact) mass is 421 g/mol. The summed E-state index contributed by atoms with van der Waals surface area (Å²) in [6, 6.07) is 14.7. The number of carbonyl (C=O) groups is 1. The number of aromatic amines is 1. The third-order valence-electron chi connectivity index (χ3n) is 4.84. The number of pyridine rings is 1. The Hall–Kier alpha value is -3.52. The summed E-state index contributed by atoms with van der Waals surface area (Å²) in [4.78, 5) is 17.0. The van der Waals surface area contributed by atoms with Crippen LogP contribution in [0.3, 0.4) is 0 Å². The van der Waals surface area contributed by atoms with Crippen molar-refractivity contribution in [2.75, 3.05) is 7.11 Å². The second kappa shape index (κ2) is 8.08. The first kappa shape index (κ1) is 19.8. The molecule has 1 N–H and O–H groups in total. The zero-order valence-corrected chi connectivity index (χ0v) is 17.0. The van der Waals surface area contributed by atoms with Gasteiger partial charge in [0.1, 0.15) is 5.75 Å². The van der Waals surface area contributed by atoms with Crippen molar-refractivity contribution in [1.29, 1.82) is 0 Å². The topological polar surface area (TPSA) is 102 Å². The van der Waals surface area contributed by atoms with Crippen molar-refractivity contribution < 1.29 is 17.9 Å². The number of H-pyrrole nitrogens is 1. The molecule has 0 saturated heterocycles. The van der Waals surface area contributed by atoms with Gasteiger partial charge in [0.25, 0.3) is 0 Å². The highest BCUT2D eigenvalue weighted by Gasteiger charge is 2.18. The largest absolute Gasteiger partial charge is 0.497 e. The number of ether oxygens (including phenoxy) is 1. The summed E-state index contributed by atoms with van der Waals surface area (Å²) in [5.41, 5.74) is 2.05. The van der Waals surface area contributed by atoms with E-state index in [2.05, 4.69) is 15.2 Å². The van der Waals surface area contributed by atoms with Crippen LogP contribution in [0.15, 0.2) is 76.8 Å². The van der Waals surface area contributed by atoms with E-state index in [0.717, 1.165) is 10.9 Å². The summed E-state index contributed by atoms with van der Waals surface area (Å²) >= 11 is 0. The number of ketones is 1. The Kier molecular flexibility index (Phi) is 5.33. The number of benzene rings is 2. The number of rotatable bonds is 7. The van der Waals surface area contributed by atoms with Gasteiger partial charge in [0.05, 0.1) is 23.1 Å². The third kappa shape index (κ3) is 3.95. The highest BCUT2D eigenvalue weighted by atomic mass is 32.2. The van der Waals surface area contributed by atoms with Gasteiger partial charge < -0.3 is 4.74 Å². The van der Waals surface area contributed by atoms with Crippen molar-refractivity contribution in [3.63, 3.8) is 0 Å². The van der Waals surface area contributed by atoms with Crippen LogP contribution in [0, 0.1) is 0 Å². The highest BCUT2D eigenvalue weighted by molar-refractivity contribution is 7.91. The lowest BCUT2D eigenvalue weighted by Crippen LogP contribution is -2.04. The van der Waals surface area contributed by atoms with E-state index in [4.69, 9.17) is 4.74 Å². The summed E-state index contributed by atoms with van der Waals surface area (Å²) < 4.78 is 30.8. The Bertz CT molecular complexity index is 1310. The normalized spacial score (nSPS) is 11.5. The predicted molar refractivity (Wildman–Crippen MR) is 111 cm³/mol. The number of hydrogen-bond acceptors (Lipinski definition) is 6. The van der Waals surface area contributed by atoms with Crippen LogP contribution in [0.1, 0.15) is 22.3 Å². The van der Waals surface area contributed by atoms with Crippen LogP contribution in [-0.4, -0.2) is 36.5 Å². The predicted octanol–water partition coefficient (Wildman–Crippen LogP) is 3.61. The van der Waals surface area contributed by atoms with Crippen molar-refractivity contribution in [1.82, 2.24) is 15.2 Å². The van der Waals surface area contributed by atoms with Crippen LogP contribution in [-0.2, 0) is 16.3 Å². The van der Waals surface area contributed by atoms with Gasteiger partial charge in [-0.25, -0.2) is 13.4 Å². The van der Waals surface area contributed by atoms with Gasteiger partial charge in [-0.15, -0.1) is 0 Å². The van der Waals surface area contributed by atoms with E-state index in [0.29, 0.717) is 29.8 Å². The number of nitrogens with zero attached hydrogens (tertiary/aromatic N) is 2. The maximum atomic E-state index is 12.8. The molecule has 0 aliphatic carbocycles. The smallest absolute Gasteiger partial charge is 0.206 e. The number of hydrogen-bond donors (Lipinski definition) is 1. The summed E-state index contributed by atoms with van der Waals surface area (Å²) in [6.07, 6.45) is 3.96. The first-order valence-electron chi connectivity index (χ1n) is 9.28. The summed E-state index contributed by atoms with van der Waals surface area (Å²) in [6.45, 7) is 0. The number of nitrogens with one attached hydrogen (secondary N) is 1. The van der Waals surface area contributed by atoms with Crippen LogP contribution >= 0.6 is 0 Å². The second-order valence-electron chi connectivity index (χ2n) is 6.78. The van der Waals surface area contributed by atoms with Gasteiger partial charge in [-0.2, -0.15) is 5.10 Å². The minimum atomic E-state index is -3.64. The van der Waals surface area contributed by atoms with E-state index >= 15 is 0 Å². The van der Waals surface area contributed by atoms with Crippen molar-refractivity contribution in [2.45, 2.75) is 22.6 Å². The van der Waals surface area contributed by atoms with E-state index in [1.165, 1.54) is 25.4 Å². The van der Waals surface area contributed by atoms with E-state index in [1.54, 1.807) is 48.7 Å². The minimum absolute atomic E-state index is 0.0290. The van der Waals surface area contributed by atoms with Crippen molar-refractivity contribution in [3.8, 4) is 5.75 Å². The second-order valence-corrected chi connectivity index (χ2v) is 8.73. The van der Waals surface area contributed by atoms with Gasteiger partial charge in [0, 0.05) is 23.6 Å². The average molecular weight is 421 g/mol. The fraction of sp³-hybridized carbons (Fsp3) is 0.136. The first-order chi connectivity index (χ1) is 14.5. The van der Waals surface area contributed by atoms with Crippen LogP contribution < -0.4 is 4.74 Å². The molecule has 2 aromatic carbocycles. The molecule has 2 aromatic heterocycles. The quantitative estimate of drug-likeness (QED) is 0.457. The molecule has 4 rings (SSSR count). The van der Waals surface area contributed by atoms with E-state index in [9.17, 15) is 13.2 Å². The Morgan fingerprint density at radius 1 is 1.03 bits per heavy atom. The number of aromatic nitrogens is 3. The van der Waals surface area contributed by atoms with Crippen LogP contribution in [0.25, 0.3) is 11.0 Å². The molecule has 0 aliphatic rings. The fourth-order valence-corrected chi connectivity index (χ4v) is 4.43. The molecule has 0 atom stereocenters. The zero-order chi connectivity index (χ0) is 21.1. The van der Waals surface area contributed by atoms with Crippen LogP contribution in [0.5, 0.6) is 5.75 Å². The fourth-order valence-electron chi connectivity index (χ4n) is 3.13. The summed E-state index contributed by atoms with van der Waals surface area (Å²) in [7, 11) is -2.15. The number of carbonyl (C=O) groups excluding carboxylic acids is 1. The van der Waals surface area contributed by atoms with Crippen molar-refractivity contribution in [3.05, 3.63) is 78.1 Å². The standard InChI is InChI=1S/C22H19N3O4S/c1-29-18-3-2-4-20(12-18)30(27,28)19-8-5-15(6-9-19)7-10-21(26)16-11-17-14-24-25-22(17)23-13-16/h2-6,8-9,11-14H,7,10H2,1H3,(H,23,24,25). The molecule has 152 valence electrons. The number of methoxy groups -OCH3 is 1. The SMILES string of the molecule is COc1cccc(S(=O)(=O)c2ccc(CCC(=O)c3cnc4[nH]ncc4c3)cc2)c1. The lowest BCUT2D eigenvalue weighted by atomic mass is 10.0. The first-order valence-corrected chi connectivity index (χ1v) is 10.8. The van der Waals surface area contributed by atoms with Gasteiger partial charge in [-0.05, 0) is 48.4 Å². The molecule has 0 spiro atoms. The van der Waals surface area contributed by atoms with E-state index in [1.807, 2.05) is 0 Å². The van der Waals surface area contributed by atoms with Gasteiger partial charge in [0.2, 0.25) is 9.84 Å². The molecule has 0 unspecified atom stereocenters. The molecule has 0 saturated carbocycles. The maximum absolute atomic E-state index is 12.8. The van der Waals surface area contributed by atoms with Gasteiger partial charge >= 0.3 is 0 Å². The molecule has 8 heteroatoms. The molecule has 0 aliphatic heterocycles. The van der Waals surface area contributed by atoms with Gasteiger partial charge in [-0.3, -0.25) is 9.89 Å². The Balaban J connectivity index is 1.46. The lowest BCUT2D eigenvalue weighted by molar-refractivity contribution is 0.0982. The molecular weight excluding hydrogens is 402 g/mol. The van der Waals surface area contributed by atoms with Crippen LogP contribution in [0.4, 0.5) is 0 Å². The molecule has 30 heavy (non-hydrogen) atoms. The number of Topliss-reactive ketones (excluding diaryl/α,β-unsaturated/α-hetero) is 1. The Morgan fingerprint density at radius 2 is 1.83 bits per heavy atom. The molecule has 7 nitrogen and oxygen atoms in total. The number of sulfone groups is 1. The zero-order valence-electron chi connectivity index (χ0n) is 16.2. The number of fused-ring (bicyclic) bond motifs is 1. The Labute approximate surface area is 173 Å². The van der Waals surface area contributed by atoms with Crippen LogP contribution in [0.2, 0.25) is 0 Å². The maximum Gasteiger partial charge on any atom is 0.206 e. The van der Waals surface area contributed by atoms with Gasteiger partial charge in [-0.1, -0.05) is 18.2 Å².